The monoisotopic (exact) mass is 247 g/mol. The number of amides is 1. The zero-order valence-electron chi connectivity index (χ0n) is 10.7. The summed E-state index contributed by atoms with van der Waals surface area (Å²) in [5.74, 6) is -0.430. The van der Waals surface area contributed by atoms with Crippen molar-refractivity contribution in [3.63, 3.8) is 0 Å². The van der Waals surface area contributed by atoms with Crippen LogP contribution >= 0.6 is 0 Å². The molecular weight excluding hydrogens is 226 g/mol. The van der Waals surface area contributed by atoms with Crippen molar-refractivity contribution in [3.05, 3.63) is 23.8 Å². The van der Waals surface area contributed by atoms with Crippen LogP contribution in [-0.4, -0.2) is 19.0 Å². The van der Waals surface area contributed by atoms with Gasteiger partial charge in [-0.3, -0.25) is 4.79 Å². The van der Waals surface area contributed by atoms with E-state index >= 15 is 0 Å². The third-order valence-electron chi connectivity index (χ3n) is 3.51. The number of anilines is 2. The maximum absolute atomic E-state index is 11.1. The van der Waals surface area contributed by atoms with E-state index in [1.54, 1.807) is 12.1 Å². The van der Waals surface area contributed by atoms with Crippen LogP contribution in [0.2, 0.25) is 0 Å². The molecule has 1 aromatic rings. The molecule has 4 N–H and O–H groups in total. The highest BCUT2D eigenvalue weighted by Gasteiger charge is 2.13. The zero-order valence-corrected chi connectivity index (χ0v) is 10.7. The fourth-order valence-corrected chi connectivity index (χ4v) is 2.48. The van der Waals surface area contributed by atoms with Gasteiger partial charge >= 0.3 is 0 Å². The first-order valence-corrected chi connectivity index (χ1v) is 6.63. The Balaban J connectivity index is 2.18. The highest BCUT2D eigenvalue weighted by molar-refractivity contribution is 5.94. The Labute approximate surface area is 108 Å². The van der Waals surface area contributed by atoms with Crippen LogP contribution in [-0.2, 0) is 0 Å². The van der Waals surface area contributed by atoms with Gasteiger partial charge < -0.3 is 16.4 Å². The molecule has 1 fully saturated rings. The Kier molecular flexibility index (Phi) is 4.07. The number of rotatable bonds is 2. The van der Waals surface area contributed by atoms with Crippen molar-refractivity contribution < 1.29 is 4.79 Å². The Bertz CT molecular complexity index is 423. The molecule has 4 nitrogen and oxygen atoms in total. The van der Waals surface area contributed by atoms with Gasteiger partial charge in [-0.1, -0.05) is 19.3 Å². The molecule has 0 atom stereocenters. The van der Waals surface area contributed by atoms with Gasteiger partial charge in [0.05, 0.1) is 11.4 Å². The van der Waals surface area contributed by atoms with Crippen molar-refractivity contribution in [3.8, 4) is 0 Å². The van der Waals surface area contributed by atoms with Crippen molar-refractivity contribution in [2.75, 3.05) is 23.7 Å². The second-order valence-electron chi connectivity index (χ2n) is 4.89. The average Bonchev–Trinajstić information content (AvgIpc) is 2.29. The summed E-state index contributed by atoms with van der Waals surface area (Å²) in [6.07, 6.45) is 6.32. The van der Waals surface area contributed by atoms with Crippen LogP contribution in [0.3, 0.4) is 0 Å². The van der Waals surface area contributed by atoms with E-state index in [9.17, 15) is 4.79 Å². The minimum absolute atomic E-state index is 0.430. The van der Waals surface area contributed by atoms with Gasteiger partial charge in [0, 0.05) is 18.7 Å². The normalized spacial score (nSPS) is 17.0. The van der Waals surface area contributed by atoms with Crippen molar-refractivity contribution in [2.24, 2.45) is 5.73 Å². The summed E-state index contributed by atoms with van der Waals surface area (Å²) in [7, 11) is 0. The predicted octanol–water partition coefficient (Wildman–Crippen LogP) is 2.14. The first-order valence-electron chi connectivity index (χ1n) is 6.63. The molecule has 1 aliphatic heterocycles. The number of carbonyl (C=O) groups excluding carboxylic acids is 1. The molecule has 1 amide bonds. The SMILES string of the molecule is NC(=O)c1ccc(N2CCCCCCC2)c(N)c1. The lowest BCUT2D eigenvalue weighted by molar-refractivity contribution is 0.100. The summed E-state index contributed by atoms with van der Waals surface area (Å²) in [5.41, 5.74) is 13.4. The molecule has 98 valence electrons. The second kappa shape index (κ2) is 5.76. The van der Waals surface area contributed by atoms with Crippen LogP contribution in [0, 0.1) is 0 Å². The largest absolute Gasteiger partial charge is 0.397 e. The topological polar surface area (TPSA) is 72.4 Å². The van der Waals surface area contributed by atoms with E-state index in [0.29, 0.717) is 11.3 Å². The summed E-state index contributed by atoms with van der Waals surface area (Å²) in [4.78, 5) is 13.4. The van der Waals surface area contributed by atoms with Crippen LogP contribution in [0.1, 0.15) is 42.5 Å². The molecule has 0 spiro atoms. The molecular formula is C14H21N3O. The number of nitrogens with zero attached hydrogens (tertiary/aromatic N) is 1. The maximum atomic E-state index is 11.1. The fraction of sp³-hybridized carbons (Fsp3) is 0.500. The Morgan fingerprint density at radius 2 is 1.67 bits per heavy atom. The van der Waals surface area contributed by atoms with E-state index in [1.165, 1.54) is 32.1 Å². The molecule has 4 heteroatoms. The van der Waals surface area contributed by atoms with E-state index in [1.807, 2.05) is 6.07 Å². The number of primary amides is 1. The highest BCUT2D eigenvalue weighted by atomic mass is 16.1. The lowest BCUT2D eigenvalue weighted by atomic mass is 10.1. The molecule has 0 radical (unpaired) electrons. The zero-order chi connectivity index (χ0) is 13.0. The maximum Gasteiger partial charge on any atom is 0.248 e. The van der Waals surface area contributed by atoms with Crippen molar-refractivity contribution >= 4 is 17.3 Å². The first kappa shape index (κ1) is 12.7. The molecule has 18 heavy (non-hydrogen) atoms. The van der Waals surface area contributed by atoms with Crippen LogP contribution in [0.4, 0.5) is 11.4 Å². The summed E-state index contributed by atoms with van der Waals surface area (Å²) >= 11 is 0. The minimum atomic E-state index is -0.430. The predicted molar refractivity (Wildman–Crippen MR) is 74.7 cm³/mol. The van der Waals surface area contributed by atoms with E-state index in [0.717, 1.165) is 18.8 Å². The quantitative estimate of drug-likeness (QED) is 0.786. The minimum Gasteiger partial charge on any atom is -0.397 e. The van der Waals surface area contributed by atoms with Gasteiger partial charge in [0.1, 0.15) is 0 Å². The number of hydrogen-bond acceptors (Lipinski definition) is 3. The number of hydrogen-bond donors (Lipinski definition) is 2. The fourth-order valence-electron chi connectivity index (χ4n) is 2.48. The van der Waals surface area contributed by atoms with Gasteiger partial charge in [-0.2, -0.15) is 0 Å². The van der Waals surface area contributed by atoms with Gasteiger partial charge in [-0.05, 0) is 31.0 Å². The van der Waals surface area contributed by atoms with E-state index < -0.39 is 5.91 Å². The second-order valence-corrected chi connectivity index (χ2v) is 4.89. The Morgan fingerprint density at radius 1 is 1.06 bits per heavy atom. The smallest absolute Gasteiger partial charge is 0.248 e. The van der Waals surface area contributed by atoms with Gasteiger partial charge in [0.15, 0.2) is 0 Å². The Morgan fingerprint density at radius 3 is 2.22 bits per heavy atom. The number of benzene rings is 1. The number of nitrogen functional groups attached to an aromatic ring is 1. The highest BCUT2D eigenvalue weighted by Crippen LogP contribution is 2.26. The van der Waals surface area contributed by atoms with Crippen LogP contribution in [0.25, 0.3) is 0 Å². The van der Waals surface area contributed by atoms with Crippen molar-refractivity contribution in [1.82, 2.24) is 0 Å². The molecule has 1 heterocycles. The lowest BCUT2D eigenvalue weighted by Gasteiger charge is -2.28. The summed E-state index contributed by atoms with van der Waals surface area (Å²) in [5, 5.41) is 0. The lowest BCUT2D eigenvalue weighted by Crippen LogP contribution is -2.28. The molecule has 0 aromatic heterocycles. The summed E-state index contributed by atoms with van der Waals surface area (Å²) < 4.78 is 0. The van der Waals surface area contributed by atoms with Crippen molar-refractivity contribution in [2.45, 2.75) is 32.1 Å². The summed E-state index contributed by atoms with van der Waals surface area (Å²) in [6.45, 7) is 2.08. The van der Waals surface area contributed by atoms with Crippen LogP contribution in [0.15, 0.2) is 18.2 Å². The van der Waals surface area contributed by atoms with E-state index in [-0.39, 0.29) is 0 Å². The number of nitrogens with two attached hydrogens (primary N) is 2. The molecule has 0 bridgehead atoms. The number of carbonyl (C=O) groups is 1. The standard InChI is InChI=1S/C14H21N3O/c15-12-10-11(14(16)18)6-7-13(12)17-8-4-2-1-3-5-9-17/h6-7,10H,1-5,8-9,15H2,(H2,16,18). The van der Waals surface area contributed by atoms with Crippen LogP contribution < -0.4 is 16.4 Å². The van der Waals surface area contributed by atoms with Gasteiger partial charge in [-0.15, -0.1) is 0 Å². The Hall–Kier alpha value is -1.71. The third kappa shape index (κ3) is 2.94. The van der Waals surface area contributed by atoms with Gasteiger partial charge in [0.2, 0.25) is 5.91 Å². The molecule has 1 aromatic carbocycles. The molecule has 1 saturated heterocycles. The average molecular weight is 247 g/mol. The third-order valence-corrected chi connectivity index (χ3v) is 3.51. The molecule has 1 aliphatic rings. The molecule has 0 saturated carbocycles. The van der Waals surface area contributed by atoms with E-state index in [2.05, 4.69) is 4.90 Å². The van der Waals surface area contributed by atoms with Crippen molar-refractivity contribution in [1.29, 1.82) is 0 Å². The van der Waals surface area contributed by atoms with Crippen LogP contribution in [0.5, 0.6) is 0 Å². The molecule has 0 unspecified atom stereocenters. The summed E-state index contributed by atoms with van der Waals surface area (Å²) in [6, 6.07) is 5.35. The van der Waals surface area contributed by atoms with E-state index in [4.69, 9.17) is 11.5 Å². The van der Waals surface area contributed by atoms with Gasteiger partial charge in [0.25, 0.3) is 0 Å². The van der Waals surface area contributed by atoms with Gasteiger partial charge in [-0.25, -0.2) is 0 Å². The molecule has 0 aliphatic carbocycles. The first-order chi connectivity index (χ1) is 8.68. The molecule has 2 rings (SSSR count).